The summed E-state index contributed by atoms with van der Waals surface area (Å²) in [5.41, 5.74) is -1.05. The first-order valence-corrected chi connectivity index (χ1v) is 7.76. The van der Waals surface area contributed by atoms with Gasteiger partial charge < -0.3 is 4.74 Å². The maximum Gasteiger partial charge on any atom is 0.428 e. The van der Waals surface area contributed by atoms with Crippen molar-refractivity contribution >= 4 is 35.0 Å². The normalized spacial score (nSPS) is 19.8. The molecule has 0 spiro atoms. The van der Waals surface area contributed by atoms with E-state index in [0.29, 0.717) is 0 Å². The Morgan fingerprint density at radius 2 is 1.96 bits per heavy atom. The molecular formula is C15H10Cl2F3N3O3. The molecule has 2 heterocycles. The quantitative estimate of drug-likeness (QED) is 0.784. The minimum absolute atomic E-state index is 0.0219. The lowest BCUT2D eigenvalue weighted by Gasteiger charge is -2.28. The number of hydrogen-bond acceptors (Lipinski definition) is 5. The molecule has 0 bridgehead atoms. The first-order chi connectivity index (χ1) is 12.2. The summed E-state index contributed by atoms with van der Waals surface area (Å²) >= 11 is 11.7. The number of esters is 1. The highest BCUT2D eigenvalue weighted by molar-refractivity contribution is 6.34. The largest absolute Gasteiger partial charge is 0.464 e. The highest BCUT2D eigenvalue weighted by Gasteiger charge is 2.60. The van der Waals surface area contributed by atoms with Gasteiger partial charge in [-0.1, -0.05) is 23.2 Å². The molecule has 6 nitrogen and oxygen atoms in total. The molecule has 0 fully saturated rings. The van der Waals surface area contributed by atoms with Crippen LogP contribution in [-0.4, -0.2) is 29.0 Å². The zero-order valence-electron chi connectivity index (χ0n) is 13.0. The first-order valence-electron chi connectivity index (χ1n) is 7.01. The Morgan fingerprint density at radius 3 is 2.54 bits per heavy atom. The number of halogens is 5. The van der Waals surface area contributed by atoms with Crippen LogP contribution >= 0.6 is 23.2 Å². The second kappa shape index (κ2) is 6.49. The van der Waals surface area contributed by atoms with Crippen LogP contribution in [0.2, 0.25) is 10.0 Å². The topological polar surface area (TPSA) is 65.4 Å². The molecular weight excluding hydrogens is 398 g/mol. The Hall–Kier alpha value is -2.23. The van der Waals surface area contributed by atoms with Crippen molar-refractivity contribution in [1.29, 1.82) is 0 Å². The average molecular weight is 408 g/mol. The standard InChI is InChI=1S/C15H10Cl2F3N3O3/c1-25-13(24)11-2-3-23(21-11)12-7-14(26-22-12,15(18,19)20)8-4-9(16)6-10(17)5-8/h2-7,22H,1H3. The van der Waals surface area contributed by atoms with E-state index in [1.807, 2.05) is 0 Å². The lowest BCUT2D eigenvalue weighted by atomic mass is 9.93. The Balaban J connectivity index is 2.08. The fraction of sp³-hybridized carbons (Fsp3) is 0.200. The molecule has 26 heavy (non-hydrogen) atoms. The molecule has 3 rings (SSSR count). The second-order valence-corrected chi connectivity index (χ2v) is 6.14. The number of hydrogen-bond donors (Lipinski definition) is 1. The molecule has 11 heteroatoms. The van der Waals surface area contributed by atoms with Crippen LogP contribution < -0.4 is 5.48 Å². The molecule has 138 valence electrons. The van der Waals surface area contributed by atoms with Crippen LogP contribution in [0.1, 0.15) is 16.1 Å². The van der Waals surface area contributed by atoms with Crippen LogP contribution in [0.3, 0.4) is 0 Å². The van der Waals surface area contributed by atoms with Gasteiger partial charge in [-0.05, 0) is 24.3 Å². The van der Waals surface area contributed by atoms with Crippen LogP contribution in [0.25, 0.3) is 5.82 Å². The van der Waals surface area contributed by atoms with Gasteiger partial charge in [0.25, 0.3) is 0 Å². The van der Waals surface area contributed by atoms with Gasteiger partial charge in [0.2, 0.25) is 5.60 Å². The Morgan fingerprint density at radius 1 is 1.31 bits per heavy atom. The molecule has 1 aliphatic heterocycles. The predicted molar refractivity (Wildman–Crippen MR) is 86.3 cm³/mol. The zero-order chi connectivity index (χ0) is 19.1. The van der Waals surface area contributed by atoms with Gasteiger partial charge in [0.05, 0.1) is 7.11 Å². The monoisotopic (exact) mass is 407 g/mol. The van der Waals surface area contributed by atoms with Gasteiger partial charge in [-0.2, -0.15) is 18.3 Å². The molecule has 0 saturated carbocycles. The predicted octanol–water partition coefficient (Wildman–Crippen LogP) is 3.77. The number of nitrogens with one attached hydrogen (secondary N) is 1. The van der Waals surface area contributed by atoms with Gasteiger partial charge in [-0.25, -0.2) is 19.8 Å². The summed E-state index contributed by atoms with van der Waals surface area (Å²) in [5.74, 6) is -0.874. The summed E-state index contributed by atoms with van der Waals surface area (Å²) in [6.07, 6.45) is -2.77. The molecule has 0 aliphatic carbocycles. The number of carbonyl (C=O) groups is 1. The number of alkyl halides is 3. The second-order valence-electron chi connectivity index (χ2n) is 5.26. The minimum atomic E-state index is -4.84. The first kappa shape index (κ1) is 18.6. The van der Waals surface area contributed by atoms with E-state index < -0.39 is 17.7 Å². The molecule has 1 N–H and O–H groups in total. The molecule has 1 unspecified atom stereocenters. The molecule has 0 radical (unpaired) electrons. The van der Waals surface area contributed by atoms with E-state index in [0.717, 1.165) is 30.0 Å². The minimum Gasteiger partial charge on any atom is -0.464 e. The molecule has 0 saturated heterocycles. The highest BCUT2D eigenvalue weighted by atomic mass is 35.5. The van der Waals surface area contributed by atoms with Crippen molar-refractivity contribution in [3.8, 4) is 0 Å². The van der Waals surface area contributed by atoms with Crippen molar-refractivity contribution in [3.05, 3.63) is 57.8 Å². The van der Waals surface area contributed by atoms with E-state index >= 15 is 0 Å². The van der Waals surface area contributed by atoms with E-state index in [1.165, 1.54) is 18.3 Å². The van der Waals surface area contributed by atoms with E-state index in [9.17, 15) is 18.0 Å². The number of aromatic nitrogens is 2. The van der Waals surface area contributed by atoms with Crippen LogP contribution in [0.5, 0.6) is 0 Å². The summed E-state index contributed by atoms with van der Waals surface area (Å²) in [4.78, 5) is 16.3. The fourth-order valence-electron chi connectivity index (χ4n) is 2.38. The lowest BCUT2D eigenvalue weighted by molar-refractivity contribution is -0.269. The van der Waals surface area contributed by atoms with Crippen molar-refractivity contribution in [2.75, 3.05) is 7.11 Å². The number of rotatable bonds is 3. The summed E-state index contributed by atoms with van der Waals surface area (Å²) in [6.45, 7) is 0. The van der Waals surface area contributed by atoms with Crippen molar-refractivity contribution in [3.63, 3.8) is 0 Å². The van der Waals surface area contributed by atoms with Crippen LogP contribution in [-0.2, 0) is 15.2 Å². The van der Waals surface area contributed by atoms with Crippen LogP contribution in [0.15, 0.2) is 36.5 Å². The van der Waals surface area contributed by atoms with Gasteiger partial charge in [0.15, 0.2) is 11.5 Å². The molecule has 1 aromatic carbocycles. The maximum atomic E-state index is 13.8. The Bertz CT molecular complexity index is 877. The molecule has 0 amide bonds. The molecule has 2 aromatic rings. The highest BCUT2D eigenvalue weighted by Crippen LogP contribution is 2.47. The van der Waals surface area contributed by atoms with Crippen molar-refractivity contribution in [2.24, 2.45) is 0 Å². The molecule has 1 aliphatic rings. The van der Waals surface area contributed by atoms with Gasteiger partial charge in [-0.3, -0.25) is 0 Å². The van der Waals surface area contributed by atoms with E-state index in [4.69, 9.17) is 28.0 Å². The van der Waals surface area contributed by atoms with Gasteiger partial charge in [0.1, 0.15) is 0 Å². The third-order valence-electron chi connectivity index (χ3n) is 3.60. The summed E-state index contributed by atoms with van der Waals surface area (Å²) in [5, 5.41) is 3.90. The zero-order valence-corrected chi connectivity index (χ0v) is 14.5. The van der Waals surface area contributed by atoms with Gasteiger partial charge in [-0.15, -0.1) is 0 Å². The average Bonchev–Trinajstić information content (AvgIpc) is 3.20. The number of ether oxygens (including phenoxy) is 1. The third kappa shape index (κ3) is 3.13. The summed E-state index contributed by atoms with van der Waals surface area (Å²) < 4.78 is 47.1. The van der Waals surface area contributed by atoms with Crippen LogP contribution in [0.4, 0.5) is 13.2 Å². The summed E-state index contributed by atoms with van der Waals surface area (Å²) in [7, 11) is 1.16. The number of benzene rings is 1. The molecule has 1 aromatic heterocycles. The SMILES string of the molecule is COC(=O)c1ccn(C2=CC(c3cc(Cl)cc(Cl)c3)(C(F)(F)F)ON2)n1. The van der Waals surface area contributed by atoms with Crippen LogP contribution in [0, 0.1) is 0 Å². The number of nitrogens with zero attached hydrogens (tertiary/aromatic N) is 2. The van der Waals surface area contributed by atoms with Crippen molar-refractivity contribution in [1.82, 2.24) is 15.3 Å². The number of methoxy groups -OCH3 is 1. The van der Waals surface area contributed by atoms with E-state index in [-0.39, 0.29) is 27.1 Å². The van der Waals surface area contributed by atoms with E-state index in [1.54, 1.807) is 0 Å². The number of carbonyl (C=O) groups excluding carboxylic acids is 1. The Kier molecular flexibility index (Phi) is 4.63. The Labute approximate surface area is 155 Å². The van der Waals surface area contributed by atoms with Crippen molar-refractivity contribution < 1.29 is 27.5 Å². The van der Waals surface area contributed by atoms with Gasteiger partial charge in [0, 0.05) is 27.9 Å². The number of hydroxylamine groups is 1. The van der Waals surface area contributed by atoms with Gasteiger partial charge >= 0.3 is 12.1 Å². The maximum absolute atomic E-state index is 13.8. The van der Waals surface area contributed by atoms with E-state index in [2.05, 4.69) is 15.3 Å². The molecule has 1 atom stereocenters. The van der Waals surface area contributed by atoms with Crippen molar-refractivity contribution in [2.45, 2.75) is 11.8 Å². The summed E-state index contributed by atoms with van der Waals surface area (Å²) in [6, 6.07) is 4.80. The third-order valence-corrected chi connectivity index (χ3v) is 4.04. The fourth-order valence-corrected chi connectivity index (χ4v) is 2.91. The lowest BCUT2D eigenvalue weighted by Crippen LogP contribution is -2.42. The smallest absolute Gasteiger partial charge is 0.428 e.